The van der Waals surface area contributed by atoms with Crippen molar-refractivity contribution in [1.29, 1.82) is 0 Å². The van der Waals surface area contributed by atoms with Crippen molar-refractivity contribution in [3.63, 3.8) is 0 Å². The molecule has 0 bridgehead atoms. The Labute approximate surface area is 117 Å². The molecule has 3 rings (SSSR count). The molecule has 6 nitrogen and oxygen atoms in total. The highest BCUT2D eigenvalue weighted by atomic mass is 16.5. The molecule has 1 fully saturated rings. The SMILES string of the molecule is CCCC1(O)CN(Cc2nc(-c3ccccn3)no2)C1. The van der Waals surface area contributed by atoms with Gasteiger partial charge in [0.15, 0.2) is 0 Å². The van der Waals surface area contributed by atoms with E-state index in [9.17, 15) is 5.11 Å². The first-order valence-corrected chi connectivity index (χ1v) is 6.87. The first-order chi connectivity index (χ1) is 9.68. The largest absolute Gasteiger partial charge is 0.387 e. The maximum absolute atomic E-state index is 10.1. The Bertz CT molecular complexity index is 564. The van der Waals surface area contributed by atoms with Crippen molar-refractivity contribution in [3.8, 4) is 11.5 Å². The zero-order chi connectivity index (χ0) is 14.0. The second-order valence-corrected chi connectivity index (χ2v) is 5.35. The second kappa shape index (κ2) is 5.30. The molecule has 1 aliphatic rings. The summed E-state index contributed by atoms with van der Waals surface area (Å²) in [6.07, 6.45) is 3.53. The van der Waals surface area contributed by atoms with Crippen molar-refractivity contribution in [2.24, 2.45) is 0 Å². The van der Waals surface area contributed by atoms with E-state index in [1.807, 2.05) is 18.2 Å². The summed E-state index contributed by atoms with van der Waals surface area (Å²) in [6.45, 7) is 3.99. The molecule has 20 heavy (non-hydrogen) atoms. The van der Waals surface area contributed by atoms with Crippen molar-refractivity contribution in [1.82, 2.24) is 20.0 Å². The van der Waals surface area contributed by atoms with Crippen molar-refractivity contribution in [3.05, 3.63) is 30.3 Å². The van der Waals surface area contributed by atoms with Gasteiger partial charge in [-0.3, -0.25) is 9.88 Å². The van der Waals surface area contributed by atoms with Crippen molar-refractivity contribution >= 4 is 0 Å². The average molecular weight is 274 g/mol. The summed E-state index contributed by atoms with van der Waals surface area (Å²) >= 11 is 0. The molecule has 0 amide bonds. The number of likely N-dealkylation sites (tertiary alicyclic amines) is 1. The van der Waals surface area contributed by atoms with Gasteiger partial charge in [0.1, 0.15) is 5.69 Å². The summed E-state index contributed by atoms with van der Waals surface area (Å²) in [5.74, 6) is 1.06. The predicted molar refractivity (Wildman–Crippen MR) is 72.7 cm³/mol. The molecule has 2 aromatic heterocycles. The van der Waals surface area contributed by atoms with Crippen LogP contribution in [0.1, 0.15) is 25.7 Å². The van der Waals surface area contributed by atoms with Crippen LogP contribution in [0.4, 0.5) is 0 Å². The third-order valence-electron chi connectivity index (χ3n) is 3.47. The van der Waals surface area contributed by atoms with Gasteiger partial charge in [0, 0.05) is 19.3 Å². The molecule has 3 heterocycles. The van der Waals surface area contributed by atoms with Crippen LogP contribution in [0.15, 0.2) is 28.9 Å². The van der Waals surface area contributed by atoms with E-state index in [1.165, 1.54) is 0 Å². The zero-order valence-corrected chi connectivity index (χ0v) is 11.5. The van der Waals surface area contributed by atoms with Crippen LogP contribution < -0.4 is 0 Å². The van der Waals surface area contributed by atoms with Crippen molar-refractivity contribution < 1.29 is 9.63 Å². The summed E-state index contributed by atoms with van der Waals surface area (Å²) in [4.78, 5) is 10.6. The predicted octanol–water partition coefficient (Wildman–Crippen LogP) is 1.48. The number of rotatable bonds is 5. The molecule has 0 saturated carbocycles. The maximum atomic E-state index is 10.1. The van der Waals surface area contributed by atoms with E-state index in [0.29, 0.717) is 37.0 Å². The molecule has 106 valence electrons. The normalized spacial score (nSPS) is 17.9. The lowest BCUT2D eigenvalue weighted by atomic mass is 9.89. The molecule has 2 aromatic rings. The number of β-amino-alcohol motifs (C(OH)–C–C–N with tert-alkyl or cyclic N) is 1. The van der Waals surface area contributed by atoms with Gasteiger partial charge >= 0.3 is 0 Å². The molecule has 0 radical (unpaired) electrons. The smallest absolute Gasteiger partial charge is 0.241 e. The molecule has 0 atom stereocenters. The molecule has 1 N–H and O–H groups in total. The number of hydrogen-bond donors (Lipinski definition) is 1. The lowest BCUT2D eigenvalue weighted by molar-refractivity contribution is -0.109. The summed E-state index contributed by atoms with van der Waals surface area (Å²) < 4.78 is 5.23. The first-order valence-electron chi connectivity index (χ1n) is 6.87. The average Bonchev–Trinajstić information content (AvgIpc) is 2.87. The van der Waals surface area contributed by atoms with E-state index in [2.05, 4.69) is 26.9 Å². The fourth-order valence-electron chi connectivity index (χ4n) is 2.63. The highest BCUT2D eigenvalue weighted by molar-refractivity contribution is 5.46. The van der Waals surface area contributed by atoms with Crippen LogP contribution in [0.3, 0.4) is 0 Å². The highest BCUT2D eigenvalue weighted by Crippen LogP contribution is 2.27. The lowest BCUT2D eigenvalue weighted by Gasteiger charge is -2.46. The Morgan fingerprint density at radius 1 is 1.40 bits per heavy atom. The molecule has 0 unspecified atom stereocenters. The summed E-state index contributed by atoms with van der Waals surface area (Å²) in [5.41, 5.74) is 0.173. The van der Waals surface area contributed by atoms with Gasteiger partial charge < -0.3 is 9.63 Å². The van der Waals surface area contributed by atoms with E-state index in [-0.39, 0.29) is 0 Å². The zero-order valence-electron chi connectivity index (χ0n) is 11.5. The van der Waals surface area contributed by atoms with Gasteiger partial charge in [-0.1, -0.05) is 24.6 Å². The number of aromatic nitrogens is 3. The van der Waals surface area contributed by atoms with E-state index in [1.54, 1.807) is 6.20 Å². The molecule has 6 heteroatoms. The Morgan fingerprint density at radius 3 is 2.95 bits per heavy atom. The van der Waals surface area contributed by atoms with Crippen LogP contribution in [0.25, 0.3) is 11.5 Å². The summed E-state index contributed by atoms with van der Waals surface area (Å²) in [7, 11) is 0. The van der Waals surface area contributed by atoms with E-state index in [0.717, 1.165) is 12.8 Å². The van der Waals surface area contributed by atoms with Crippen molar-refractivity contribution in [2.45, 2.75) is 31.9 Å². The van der Waals surface area contributed by atoms with Crippen LogP contribution in [0.2, 0.25) is 0 Å². The number of nitrogens with zero attached hydrogens (tertiary/aromatic N) is 4. The van der Waals surface area contributed by atoms with Crippen molar-refractivity contribution in [2.75, 3.05) is 13.1 Å². The Balaban J connectivity index is 1.59. The number of aliphatic hydroxyl groups is 1. The Hall–Kier alpha value is -1.79. The standard InChI is InChI=1S/C14H18N4O2/c1-2-6-14(19)9-18(10-14)8-12-16-13(17-20-12)11-5-3-4-7-15-11/h3-5,7,19H,2,6,8-10H2,1H3. The van der Waals surface area contributed by atoms with Gasteiger partial charge in [-0.05, 0) is 18.6 Å². The monoisotopic (exact) mass is 274 g/mol. The minimum absolute atomic E-state index is 0.505. The number of pyridine rings is 1. The van der Waals surface area contributed by atoms with E-state index < -0.39 is 5.60 Å². The minimum Gasteiger partial charge on any atom is -0.387 e. The van der Waals surface area contributed by atoms with Gasteiger partial charge in [-0.25, -0.2) is 0 Å². The molecule has 1 aliphatic heterocycles. The molecular weight excluding hydrogens is 256 g/mol. The molecule has 0 aliphatic carbocycles. The van der Waals surface area contributed by atoms with Crippen LogP contribution >= 0.6 is 0 Å². The minimum atomic E-state index is -0.529. The highest BCUT2D eigenvalue weighted by Gasteiger charge is 2.40. The third kappa shape index (κ3) is 2.71. The fourth-order valence-corrected chi connectivity index (χ4v) is 2.63. The molecule has 1 saturated heterocycles. The third-order valence-corrected chi connectivity index (χ3v) is 3.47. The van der Waals surface area contributed by atoms with Crippen LogP contribution in [0, 0.1) is 0 Å². The Kier molecular flexibility index (Phi) is 3.50. The maximum Gasteiger partial charge on any atom is 0.241 e. The summed E-state index contributed by atoms with van der Waals surface area (Å²) in [5, 5.41) is 14.1. The van der Waals surface area contributed by atoms with Gasteiger partial charge in [0.25, 0.3) is 0 Å². The molecule has 0 aromatic carbocycles. The van der Waals surface area contributed by atoms with E-state index >= 15 is 0 Å². The summed E-state index contributed by atoms with van der Waals surface area (Å²) in [6, 6.07) is 5.58. The van der Waals surface area contributed by atoms with Gasteiger partial charge in [0.05, 0.1) is 12.1 Å². The van der Waals surface area contributed by atoms with E-state index in [4.69, 9.17) is 4.52 Å². The quantitative estimate of drug-likeness (QED) is 0.890. The fraction of sp³-hybridized carbons (Fsp3) is 0.500. The van der Waals surface area contributed by atoms with Crippen LogP contribution in [-0.2, 0) is 6.54 Å². The lowest BCUT2D eigenvalue weighted by Crippen LogP contribution is -2.60. The first kappa shape index (κ1) is 13.2. The second-order valence-electron chi connectivity index (χ2n) is 5.35. The van der Waals surface area contributed by atoms with Gasteiger partial charge in [-0.15, -0.1) is 0 Å². The number of hydrogen-bond acceptors (Lipinski definition) is 6. The Morgan fingerprint density at radius 2 is 2.25 bits per heavy atom. The van der Waals surface area contributed by atoms with Gasteiger partial charge in [-0.2, -0.15) is 4.98 Å². The molecular formula is C14H18N4O2. The van der Waals surface area contributed by atoms with Crippen LogP contribution in [0.5, 0.6) is 0 Å². The van der Waals surface area contributed by atoms with Crippen LogP contribution in [-0.4, -0.2) is 43.8 Å². The topological polar surface area (TPSA) is 75.3 Å². The van der Waals surface area contributed by atoms with Gasteiger partial charge in [0.2, 0.25) is 11.7 Å². The molecule has 0 spiro atoms.